The smallest absolute Gasteiger partial charge is 0.123 e. The Labute approximate surface area is 130 Å². The number of hydrogen-bond donors (Lipinski definition) is 1. The van der Waals surface area contributed by atoms with Crippen molar-refractivity contribution in [1.82, 2.24) is 0 Å². The molecule has 0 saturated carbocycles. The summed E-state index contributed by atoms with van der Waals surface area (Å²) in [6.07, 6.45) is 0. The normalized spacial score (nSPS) is 10.3. The highest BCUT2D eigenvalue weighted by atomic mass is 79.9. The molecule has 104 valence electrons. The maximum atomic E-state index is 13.2. The summed E-state index contributed by atoms with van der Waals surface area (Å²) in [4.78, 5) is 0.162. The molecule has 0 spiro atoms. The molecule has 0 unspecified atom stereocenters. The highest BCUT2D eigenvalue weighted by Gasteiger charge is 2.08. The van der Waals surface area contributed by atoms with Gasteiger partial charge in [0.05, 0.1) is 0 Å². The van der Waals surface area contributed by atoms with Crippen molar-refractivity contribution in [3.63, 3.8) is 0 Å². The summed E-state index contributed by atoms with van der Waals surface area (Å²) in [5.41, 5.74) is 7.95. The van der Waals surface area contributed by atoms with Gasteiger partial charge in [-0.1, -0.05) is 34.2 Å². The molecule has 2 aromatic carbocycles. The van der Waals surface area contributed by atoms with Crippen molar-refractivity contribution in [2.45, 2.75) is 13.5 Å². The summed E-state index contributed by atoms with van der Waals surface area (Å²) in [6, 6.07) is 10.0. The molecule has 2 nitrogen and oxygen atoms in total. The summed E-state index contributed by atoms with van der Waals surface area (Å²) in [5.74, 6) is 0.375. The highest BCUT2D eigenvalue weighted by Crippen LogP contribution is 2.23. The number of ether oxygens (including phenoxy) is 1. The molecule has 2 rings (SSSR count). The lowest BCUT2D eigenvalue weighted by Gasteiger charge is -2.11. The van der Waals surface area contributed by atoms with Crippen molar-refractivity contribution in [1.29, 1.82) is 0 Å². The van der Waals surface area contributed by atoms with Crippen molar-refractivity contribution in [3.05, 3.63) is 63.4 Å². The molecule has 0 aliphatic rings. The molecule has 5 heteroatoms. The average molecular weight is 354 g/mol. The van der Waals surface area contributed by atoms with Gasteiger partial charge in [0.1, 0.15) is 23.2 Å². The largest absolute Gasteiger partial charge is 0.489 e. The molecule has 20 heavy (non-hydrogen) atoms. The number of halogens is 2. The van der Waals surface area contributed by atoms with Crippen LogP contribution >= 0.6 is 28.1 Å². The van der Waals surface area contributed by atoms with Crippen molar-refractivity contribution < 1.29 is 9.13 Å². The first-order valence-electron chi connectivity index (χ1n) is 5.94. The van der Waals surface area contributed by atoms with Crippen LogP contribution in [0.5, 0.6) is 5.75 Å². The summed E-state index contributed by atoms with van der Waals surface area (Å²) in [5, 5.41) is 0. The monoisotopic (exact) mass is 353 g/mol. The van der Waals surface area contributed by atoms with Gasteiger partial charge in [0.2, 0.25) is 0 Å². The van der Waals surface area contributed by atoms with Crippen LogP contribution in [0.2, 0.25) is 0 Å². The molecule has 0 amide bonds. The molecule has 0 aliphatic carbocycles. The van der Waals surface area contributed by atoms with Gasteiger partial charge in [-0.2, -0.15) is 0 Å². The van der Waals surface area contributed by atoms with Crippen LogP contribution < -0.4 is 10.5 Å². The molecular formula is C15H13BrFNOS. The third kappa shape index (κ3) is 3.55. The molecule has 0 atom stereocenters. The minimum absolute atomic E-state index is 0.162. The fraction of sp³-hybridized carbons (Fsp3) is 0.133. The van der Waals surface area contributed by atoms with E-state index in [1.54, 1.807) is 6.07 Å². The van der Waals surface area contributed by atoms with Crippen LogP contribution in [-0.2, 0) is 6.61 Å². The van der Waals surface area contributed by atoms with Gasteiger partial charge in [0.25, 0.3) is 0 Å². The van der Waals surface area contributed by atoms with E-state index in [0.717, 1.165) is 21.3 Å². The second-order valence-corrected chi connectivity index (χ2v) is 5.66. The Morgan fingerprint density at radius 2 is 2.05 bits per heavy atom. The minimum Gasteiger partial charge on any atom is -0.489 e. The van der Waals surface area contributed by atoms with Crippen molar-refractivity contribution in [2.75, 3.05) is 0 Å². The van der Waals surface area contributed by atoms with E-state index in [2.05, 4.69) is 15.9 Å². The molecular weight excluding hydrogens is 341 g/mol. The lowest BCUT2D eigenvalue weighted by Crippen LogP contribution is -2.14. The van der Waals surface area contributed by atoms with Gasteiger partial charge in [-0.25, -0.2) is 4.39 Å². The summed E-state index contributed by atoms with van der Waals surface area (Å²) in [7, 11) is 0. The molecule has 0 fully saturated rings. The van der Waals surface area contributed by atoms with Gasteiger partial charge in [0.15, 0.2) is 0 Å². The molecule has 0 aliphatic heterocycles. The van der Waals surface area contributed by atoms with Gasteiger partial charge in [0, 0.05) is 10.0 Å². The number of thiocarbonyl (C=S) groups is 1. The van der Waals surface area contributed by atoms with E-state index in [0.29, 0.717) is 5.56 Å². The van der Waals surface area contributed by atoms with Gasteiger partial charge >= 0.3 is 0 Å². The van der Waals surface area contributed by atoms with Crippen LogP contribution in [0.15, 0.2) is 40.9 Å². The standard InChI is InChI=1S/C15H13BrFNOS/c1-9-6-12(4-5-14(9)16)19-8-10-2-3-11(17)7-13(10)15(18)20/h2-7H,8H2,1H3,(H2,18,20). The Morgan fingerprint density at radius 3 is 2.70 bits per heavy atom. The van der Waals surface area contributed by atoms with Crippen LogP contribution in [0, 0.1) is 12.7 Å². The predicted molar refractivity (Wildman–Crippen MR) is 85.5 cm³/mol. The Kier molecular flexibility index (Phi) is 4.73. The fourth-order valence-electron chi connectivity index (χ4n) is 1.77. The van der Waals surface area contributed by atoms with Crippen LogP contribution in [0.25, 0.3) is 0 Å². The Balaban J connectivity index is 2.18. The lowest BCUT2D eigenvalue weighted by atomic mass is 10.1. The molecule has 2 aromatic rings. The maximum Gasteiger partial charge on any atom is 0.123 e. The minimum atomic E-state index is -0.365. The number of benzene rings is 2. The molecule has 0 radical (unpaired) electrons. The second kappa shape index (κ2) is 6.33. The molecule has 0 heterocycles. The van der Waals surface area contributed by atoms with Crippen molar-refractivity contribution >= 4 is 33.1 Å². The summed E-state index contributed by atoms with van der Waals surface area (Å²) in [6.45, 7) is 2.27. The summed E-state index contributed by atoms with van der Waals surface area (Å²) < 4.78 is 19.9. The average Bonchev–Trinajstić information content (AvgIpc) is 2.41. The van der Waals surface area contributed by atoms with E-state index < -0.39 is 0 Å². The quantitative estimate of drug-likeness (QED) is 0.840. The third-order valence-electron chi connectivity index (χ3n) is 2.86. The van der Waals surface area contributed by atoms with E-state index >= 15 is 0 Å². The van der Waals surface area contributed by atoms with E-state index in [1.807, 2.05) is 25.1 Å². The van der Waals surface area contributed by atoms with Crippen molar-refractivity contribution in [3.8, 4) is 5.75 Å². The van der Waals surface area contributed by atoms with Crippen LogP contribution in [0.1, 0.15) is 16.7 Å². The molecule has 0 bridgehead atoms. The SMILES string of the molecule is Cc1cc(OCc2ccc(F)cc2C(N)=S)ccc1Br. The lowest BCUT2D eigenvalue weighted by molar-refractivity contribution is 0.305. The summed E-state index contributed by atoms with van der Waals surface area (Å²) >= 11 is 8.36. The number of nitrogens with two attached hydrogens (primary N) is 1. The number of aryl methyl sites for hydroxylation is 1. The first kappa shape index (κ1) is 14.9. The third-order valence-corrected chi connectivity index (χ3v) is 3.97. The van der Waals surface area contributed by atoms with Gasteiger partial charge < -0.3 is 10.5 Å². The molecule has 0 saturated heterocycles. The zero-order chi connectivity index (χ0) is 14.7. The fourth-order valence-corrected chi connectivity index (χ4v) is 2.21. The highest BCUT2D eigenvalue weighted by molar-refractivity contribution is 9.10. The zero-order valence-electron chi connectivity index (χ0n) is 10.8. The number of rotatable bonds is 4. The van der Waals surface area contributed by atoms with E-state index in [4.69, 9.17) is 22.7 Å². The molecule has 0 aromatic heterocycles. The number of hydrogen-bond acceptors (Lipinski definition) is 2. The van der Waals surface area contributed by atoms with Crippen LogP contribution in [0.3, 0.4) is 0 Å². The van der Waals surface area contributed by atoms with Crippen molar-refractivity contribution in [2.24, 2.45) is 5.73 Å². The zero-order valence-corrected chi connectivity index (χ0v) is 13.2. The van der Waals surface area contributed by atoms with Gasteiger partial charge in [-0.3, -0.25) is 0 Å². The van der Waals surface area contributed by atoms with E-state index in [-0.39, 0.29) is 17.4 Å². The Bertz CT molecular complexity index is 660. The van der Waals surface area contributed by atoms with Crippen LogP contribution in [0.4, 0.5) is 4.39 Å². The Hall–Kier alpha value is -1.46. The predicted octanol–water partition coefficient (Wildman–Crippen LogP) is 4.11. The van der Waals surface area contributed by atoms with Gasteiger partial charge in [-0.05, 0) is 48.4 Å². The van der Waals surface area contributed by atoms with Crippen LogP contribution in [-0.4, -0.2) is 4.99 Å². The first-order valence-corrected chi connectivity index (χ1v) is 7.14. The Morgan fingerprint density at radius 1 is 1.30 bits per heavy atom. The second-order valence-electron chi connectivity index (χ2n) is 4.37. The molecule has 2 N–H and O–H groups in total. The van der Waals surface area contributed by atoms with Gasteiger partial charge in [-0.15, -0.1) is 0 Å². The topological polar surface area (TPSA) is 35.2 Å². The van der Waals surface area contributed by atoms with E-state index in [9.17, 15) is 4.39 Å². The first-order chi connectivity index (χ1) is 9.47. The maximum absolute atomic E-state index is 13.2. The van der Waals surface area contributed by atoms with E-state index in [1.165, 1.54) is 12.1 Å².